The predicted molar refractivity (Wildman–Crippen MR) is 94.2 cm³/mol. The molecule has 0 amide bonds. The fourth-order valence-corrected chi connectivity index (χ4v) is 2.78. The lowest BCUT2D eigenvalue weighted by Crippen LogP contribution is -2.21. The average Bonchev–Trinajstić information content (AvgIpc) is 2.55. The average molecular weight is 307 g/mol. The van der Waals surface area contributed by atoms with E-state index in [1.54, 1.807) is 6.07 Å². The largest absolute Gasteiger partial charge is 0.494 e. The first-order valence-corrected chi connectivity index (χ1v) is 7.94. The second kappa shape index (κ2) is 6.69. The van der Waals surface area contributed by atoms with Gasteiger partial charge < -0.3 is 9.30 Å². The summed E-state index contributed by atoms with van der Waals surface area (Å²) in [4.78, 5) is 12.3. The summed E-state index contributed by atoms with van der Waals surface area (Å²) in [6.07, 6.45) is 0.792. The highest BCUT2D eigenvalue weighted by Crippen LogP contribution is 2.16. The van der Waals surface area contributed by atoms with E-state index in [9.17, 15) is 4.79 Å². The van der Waals surface area contributed by atoms with Crippen molar-refractivity contribution >= 4 is 10.9 Å². The number of hydrogen-bond donors (Lipinski definition) is 0. The number of aryl methyl sites for hydroxylation is 3. The van der Waals surface area contributed by atoms with Crippen LogP contribution in [0, 0.1) is 13.8 Å². The maximum Gasteiger partial charge on any atom is 0.251 e. The first kappa shape index (κ1) is 15.3. The van der Waals surface area contributed by atoms with E-state index in [1.807, 2.05) is 54.0 Å². The molecule has 2 aromatic carbocycles. The fraction of sp³-hybridized carbons (Fsp3) is 0.250. The zero-order valence-corrected chi connectivity index (χ0v) is 13.6. The Morgan fingerprint density at radius 1 is 1.00 bits per heavy atom. The number of fused-ring (bicyclic) bond motifs is 1. The second-order valence-electron chi connectivity index (χ2n) is 5.85. The SMILES string of the molecule is Cc1ccc(OCCCn2c(=O)cc(C)c3ccccc32)cc1. The van der Waals surface area contributed by atoms with Gasteiger partial charge in [-0.15, -0.1) is 0 Å². The molecular formula is C20H21NO2. The summed E-state index contributed by atoms with van der Waals surface area (Å²) in [5.41, 5.74) is 3.29. The zero-order valence-electron chi connectivity index (χ0n) is 13.6. The van der Waals surface area contributed by atoms with Crippen LogP contribution >= 0.6 is 0 Å². The highest BCUT2D eigenvalue weighted by Gasteiger charge is 2.05. The Kier molecular flexibility index (Phi) is 4.47. The summed E-state index contributed by atoms with van der Waals surface area (Å²) in [6, 6.07) is 17.8. The van der Waals surface area contributed by atoms with Gasteiger partial charge in [0.1, 0.15) is 5.75 Å². The predicted octanol–water partition coefficient (Wildman–Crippen LogP) is 4.09. The van der Waals surface area contributed by atoms with Crippen LogP contribution in [0.15, 0.2) is 59.4 Å². The van der Waals surface area contributed by atoms with Crippen molar-refractivity contribution in [1.82, 2.24) is 4.57 Å². The number of hydrogen-bond acceptors (Lipinski definition) is 2. The first-order valence-electron chi connectivity index (χ1n) is 7.94. The molecule has 0 spiro atoms. The van der Waals surface area contributed by atoms with E-state index in [-0.39, 0.29) is 5.56 Å². The van der Waals surface area contributed by atoms with Crippen LogP contribution in [0.25, 0.3) is 10.9 Å². The maximum atomic E-state index is 12.3. The van der Waals surface area contributed by atoms with Crippen molar-refractivity contribution in [3.63, 3.8) is 0 Å². The Labute approximate surface area is 136 Å². The lowest BCUT2D eigenvalue weighted by Gasteiger charge is -2.12. The molecule has 0 aliphatic rings. The van der Waals surface area contributed by atoms with Gasteiger partial charge in [-0.3, -0.25) is 4.79 Å². The molecule has 0 N–H and O–H groups in total. The van der Waals surface area contributed by atoms with Gasteiger partial charge in [0.15, 0.2) is 0 Å². The minimum Gasteiger partial charge on any atom is -0.494 e. The van der Waals surface area contributed by atoms with Gasteiger partial charge in [0.25, 0.3) is 5.56 Å². The second-order valence-corrected chi connectivity index (χ2v) is 5.85. The molecule has 0 saturated heterocycles. The Hall–Kier alpha value is -2.55. The van der Waals surface area contributed by atoms with Crippen molar-refractivity contribution in [2.45, 2.75) is 26.8 Å². The van der Waals surface area contributed by atoms with Crippen LogP contribution in [-0.4, -0.2) is 11.2 Å². The molecule has 3 rings (SSSR count). The first-order chi connectivity index (χ1) is 11.1. The number of benzene rings is 2. The van der Waals surface area contributed by atoms with Crippen LogP contribution in [0.5, 0.6) is 5.75 Å². The highest BCUT2D eigenvalue weighted by atomic mass is 16.5. The van der Waals surface area contributed by atoms with Crippen molar-refractivity contribution in [2.75, 3.05) is 6.61 Å². The number of aromatic nitrogens is 1. The zero-order chi connectivity index (χ0) is 16.2. The van der Waals surface area contributed by atoms with Crippen LogP contribution < -0.4 is 10.3 Å². The molecule has 0 atom stereocenters. The number of para-hydroxylation sites is 1. The monoisotopic (exact) mass is 307 g/mol. The topological polar surface area (TPSA) is 31.2 Å². The van der Waals surface area contributed by atoms with Gasteiger partial charge in [-0.25, -0.2) is 0 Å². The molecule has 0 unspecified atom stereocenters. The van der Waals surface area contributed by atoms with E-state index in [0.717, 1.165) is 28.6 Å². The third-order valence-electron chi connectivity index (χ3n) is 4.04. The summed E-state index contributed by atoms with van der Waals surface area (Å²) in [5.74, 6) is 0.872. The molecule has 0 bridgehead atoms. The molecule has 0 radical (unpaired) electrons. The van der Waals surface area contributed by atoms with E-state index in [2.05, 4.69) is 13.0 Å². The summed E-state index contributed by atoms with van der Waals surface area (Å²) < 4.78 is 7.58. The van der Waals surface area contributed by atoms with Gasteiger partial charge in [0, 0.05) is 18.0 Å². The standard InChI is InChI=1S/C20H21NO2/c1-15-8-10-17(11-9-15)23-13-5-12-21-19-7-4-3-6-18(19)16(2)14-20(21)22/h3-4,6-11,14H,5,12-13H2,1-2H3. The smallest absolute Gasteiger partial charge is 0.251 e. The van der Waals surface area contributed by atoms with E-state index >= 15 is 0 Å². The summed E-state index contributed by atoms with van der Waals surface area (Å²) in [6.45, 7) is 5.29. The third kappa shape index (κ3) is 3.45. The van der Waals surface area contributed by atoms with Gasteiger partial charge in [-0.05, 0) is 44.0 Å². The van der Waals surface area contributed by atoms with Gasteiger partial charge in [-0.2, -0.15) is 0 Å². The van der Waals surface area contributed by atoms with Gasteiger partial charge in [-0.1, -0.05) is 35.9 Å². The van der Waals surface area contributed by atoms with Crippen LogP contribution in [0.2, 0.25) is 0 Å². The Balaban J connectivity index is 1.70. The van der Waals surface area contributed by atoms with Gasteiger partial charge >= 0.3 is 0 Å². The minimum atomic E-state index is 0.0523. The summed E-state index contributed by atoms with van der Waals surface area (Å²) >= 11 is 0. The summed E-state index contributed by atoms with van der Waals surface area (Å²) in [5, 5.41) is 1.13. The molecule has 0 aliphatic heterocycles. The molecule has 3 aromatic rings. The van der Waals surface area contributed by atoms with Crippen LogP contribution in [0.1, 0.15) is 17.5 Å². The molecule has 0 aliphatic carbocycles. The number of pyridine rings is 1. The van der Waals surface area contributed by atoms with Crippen molar-refractivity contribution in [1.29, 1.82) is 0 Å². The number of nitrogens with zero attached hydrogens (tertiary/aromatic N) is 1. The van der Waals surface area contributed by atoms with Crippen LogP contribution in [-0.2, 0) is 6.54 Å². The van der Waals surface area contributed by atoms with E-state index in [0.29, 0.717) is 13.2 Å². The van der Waals surface area contributed by atoms with Crippen LogP contribution in [0.4, 0.5) is 0 Å². The van der Waals surface area contributed by atoms with Crippen molar-refractivity contribution in [3.05, 3.63) is 76.1 Å². The summed E-state index contributed by atoms with van der Waals surface area (Å²) in [7, 11) is 0. The van der Waals surface area contributed by atoms with E-state index in [1.165, 1.54) is 5.56 Å². The third-order valence-corrected chi connectivity index (χ3v) is 4.04. The Bertz CT molecular complexity index is 863. The molecule has 0 saturated carbocycles. The molecule has 118 valence electrons. The van der Waals surface area contributed by atoms with Crippen molar-refractivity contribution < 1.29 is 4.74 Å². The van der Waals surface area contributed by atoms with Crippen LogP contribution in [0.3, 0.4) is 0 Å². The fourth-order valence-electron chi connectivity index (χ4n) is 2.78. The molecule has 3 heteroatoms. The number of ether oxygens (including phenoxy) is 1. The normalized spacial score (nSPS) is 10.9. The minimum absolute atomic E-state index is 0.0523. The van der Waals surface area contributed by atoms with Crippen molar-refractivity contribution in [3.8, 4) is 5.75 Å². The van der Waals surface area contributed by atoms with Gasteiger partial charge in [0.05, 0.1) is 12.1 Å². The molecule has 23 heavy (non-hydrogen) atoms. The van der Waals surface area contributed by atoms with E-state index in [4.69, 9.17) is 4.74 Å². The molecule has 1 aromatic heterocycles. The maximum absolute atomic E-state index is 12.3. The Morgan fingerprint density at radius 2 is 1.74 bits per heavy atom. The van der Waals surface area contributed by atoms with E-state index < -0.39 is 0 Å². The molecule has 3 nitrogen and oxygen atoms in total. The molecule has 0 fully saturated rings. The molecule has 1 heterocycles. The quantitative estimate of drug-likeness (QED) is 0.665. The lowest BCUT2D eigenvalue weighted by molar-refractivity contribution is 0.302. The highest BCUT2D eigenvalue weighted by molar-refractivity contribution is 5.82. The number of rotatable bonds is 5. The van der Waals surface area contributed by atoms with Gasteiger partial charge in [0.2, 0.25) is 0 Å². The Morgan fingerprint density at radius 3 is 2.52 bits per heavy atom. The lowest BCUT2D eigenvalue weighted by atomic mass is 10.1. The molecular weight excluding hydrogens is 286 g/mol. The van der Waals surface area contributed by atoms with Crippen molar-refractivity contribution in [2.24, 2.45) is 0 Å².